The molecule has 106 valence electrons. The third-order valence-corrected chi connectivity index (χ3v) is 5.27. The third-order valence-electron chi connectivity index (χ3n) is 5.27. The average molecular weight is 251 g/mol. The first-order chi connectivity index (χ1) is 8.88. The lowest BCUT2D eigenvalue weighted by molar-refractivity contribution is 0.378. The molecule has 0 aliphatic heterocycles. The molecule has 3 atom stereocenters. The van der Waals surface area contributed by atoms with E-state index in [1.807, 2.05) is 0 Å². The highest BCUT2D eigenvalue weighted by Crippen LogP contribution is 2.59. The highest BCUT2D eigenvalue weighted by Gasteiger charge is 2.55. The predicted octanol–water partition coefficient (Wildman–Crippen LogP) is 4.76. The van der Waals surface area contributed by atoms with Crippen molar-refractivity contribution in [2.24, 2.45) is 17.8 Å². The molecule has 2 fully saturated rings. The van der Waals surface area contributed by atoms with Gasteiger partial charge in [-0.3, -0.25) is 0 Å². The Morgan fingerprint density at radius 3 is 2.28 bits per heavy atom. The maximum Gasteiger partial charge on any atom is 0.0101 e. The quantitative estimate of drug-likeness (QED) is 0.552. The largest absolute Gasteiger partial charge is 0.314 e. The Balaban J connectivity index is 1.58. The molecule has 3 unspecified atom stereocenters. The molecule has 0 radical (unpaired) electrons. The van der Waals surface area contributed by atoms with Crippen molar-refractivity contribution < 1.29 is 0 Å². The number of rotatable bonds is 10. The van der Waals surface area contributed by atoms with E-state index in [0.29, 0.717) is 0 Å². The van der Waals surface area contributed by atoms with Crippen LogP contribution in [0.4, 0.5) is 0 Å². The summed E-state index contributed by atoms with van der Waals surface area (Å²) < 4.78 is 0. The maximum atomic E-state index is 3.78. The fourth-order valence-corrected chi connectivity index (χ4v) is 4.31. The average Bonchev–Trinajstić information content (AvgIpc) is 2.84. The van der Waals surface area contributed by atoms with Crippen molar-refractivity contribution in [3.8, 4) is 0 Å². The Bertz CT molecular complexity index is 216. The molecule has 1 N–H and O–H groups in total. The molecule has 1 nitrogen and oxygen atoms in total. The molecule has 0 amide bonds. The van der Waals surface area contributed by atoms with Crippen molar-refractivity contribution in [1.29, 1.82) is 0 Å². The Kier molecular flexibility index (Phi) is 6.01. The van der Waals surface area contributed by atoms with Gasteiger partial charge >= 0.3 is 0 Å². The molecule has 0 saturated heterocycles. The first-order valence-electron chi connectivity index (χ1n) is 8.61. The van der Waals surface area contributed by atoms with Gasteiger partial charge in [-0.15, -0.1) is 0 Å². The van der Waals surface area contributed by atoms with Crippen LogP contribution in [-0.4, -0.2) is 12.6 Å². The molecule has 2 saturated carbocycles. The van der Waals surface area contributed by atoms with E-state index in [1.165, 1.54) is 64.2 Å². The van der Waals surface area contributed by atoms with Crippen LogP contribution in [-0.2, 0) is 0 Å². The summed E-state index contributed by atoms with van der Waals surface area (Å²) in [7, 11) is 0. The van der Waals surface area contributed by atoms with Gasteiger partial charge in [-0.2, -0.15) is 0 Å². The zero-order valence-electron chi connectivity index (χ0n) is 12.6. The van der Waals surface area contributed by atoms with E-state index in [2.05, 4.69) is 19.2 Å². The van der Waals surface area contributed by atoms with Crippen molar-refractivity contribution in [3.63, 3.8) is 0 Å². The van der Waals surface area contributed by atoms with Gasteiger partial charge in [-0.1, -0.05) is 58.8 Å². The summed E-state index contributed by atoms with van der Waals surface area (Å²) in [5.41, 5.74) is 0. The fourth-order valence-electron chi connectivity index (χ4n) is 4.31. The fraction of sp³-hybridized carbons (Fsp3) is 1.00. The van der Waals surface area contributed by atoms with Crippen molar-refractivity contribution >= 4 is 0 Å². The number of unbranched alkanes of at least 4 members (excludes halogenated alkanes) is 5. The van der Waals surface area contributed by atoms with E-state index in [1.54, 1.807) is 0 Å². The summed E-state index contributed by atoms with van der Waals surface area (Å²) in [4.78, 5) is 0. The molecule has 0 aromatic rings. The molecule has 0 bridgehead atoms. The van der Waals surface area contributed by atoms with E-state index in [9.17, 15) is 0 Å². The predicted molar refractivity (Wildman–Crippen MR) is 79.8 cm³/mol. The summed E-state index contributed by atoms with van der Waals surface area (Å²) >= 11 is 0. The summed E-state index contributed by atoms with van der Waals surface area (Å²) in [6.07, 6.45) is 14.7. The van der Waals surface area contributed by atoms with Crippen molar-refractivity contribution in [3.05, 3.63) is 0 Å². The molecule has 18 heavy (non-hydrogen) atoms. The second-order valence-corrected chi connectivity index (χ2v) is 6.56. The van der Waals surface area contributed by atoms with E-state index < -0.39 is 0 Å². The number of hydrogen-bond donors (Lipinski definition) is 1. The van der Waals surface area contributed by atoms with Gasteiger partial charge in [0.15, 0.2) is 0 Å². The maximum absolute atomic E-state index is 3.78. The molecule has 2 rings (SSSR count). The van der Waals surface area contributed by atoms with Crippen LogP contribution >= 0.6 is 0 Å². The molecule has 2 aliphatic carbocycles. The van der Waals surface area contributed by atoms with Gasteiger partial charge in [0.05, 0.1) is 0 Å². The van der Waals surface area contributed by atoms with Crippen molar-refractivity contribution in [2.45, 2.75) is 84.1 Å². The van der Waals surface area contributed by atoms with Gasteiger partial charge < -0.3 is 5.32 Å². The Hall–Kier alpha value is -0.0400. The molecular weight excluding hydrogens is 218 g/mol. The summed E-state index contributed by atoms with van der Waals surface area (Å²) in [5.74, 6) is 3.30. The van der Waals surface area contributed by atoms with Crippen LogP contribution in [0.5, 0.6) is 0 Å². The zero-order valence-corrected chi connectivity index (χ0v) is 12.6. The number of hydrogen-bond acceptors (Lipinski definition) is 1. The van der Waals surface area contributed by atoms with Crippen LogP contribution in [0.1, 0.15) is 78.1 Å². The van der Waals surface area contributed by atoms with Crippen molar-refractivity contribution in [1.82, 2.24) is 5.32 Å². The minimum Gasteiger partial charge on any atom is -0.314 e. The lowest BCUT2D eigenvalue weighted by Gasteiger charge is -2.19. The second kappa shape index (κ2) is 7.53. The first kappa shape index (κ1) is 14.4. The standard InChI is InChI=1S/C17H33N/c1-3-5-6-7-8-9-13-16(18-4-2)17-14-11-10-12-15(14)17/h14-18H,3-13H2,1-2H3. The Morgan fingerprint density at radius 2 is 1.61 bits per heavy atom. The topological polar surface area (TPSA) is 12.0 Å². The monoisotopic (exact) mass is 251 g/mol. The van der Waals surface area contributed by atoms with Crippen LogP contribution in [0.15, 0.2) is 0 Å². The lowest BCUT2D eigenvalue weighted by atomic mass is 9.98. The molecule has 0 aromatic heterocycles. The summed E-state index contributed by atoms with van der Waals surface area (Å²) in [5, 5.41) is 3.78. The molecule has 2 aliphatic rings. The molecule has 1 heteroatoms. The van der Waals surface area contributed by atoms with Gasteiger partial charge in [0.25, 0.3) is 0 Å². The zero-order chi connectivity index (χ0) is 12.8. The highest BCUT2D eigenvalue weighted by atomic mass is 14.9. The minimum absolute atomic E-state index is 0.858. The SMILES string of the molecule is CCCCCCCCC(NCC)C1C2CCCC21. The van der Waals surface area contributed by atoms with E-state index in [4.69, 9.17) is 0 Å². The molecule has 0 heterocycles. The lowest BCUT2D eigenvalue weighted by Crippen LogP contribution is -2.32. The smallest absolute Gasteiger partial charge is 0.0101 e. The van der Waals surface area contributed by atoms with Gasteiger partial charge in [0.1, 0.15) is 0 Å². The summed E-state index contributed by atoms with van der Waals surface area (Å²) in [6.45, 7) is 5.73. The van der Waals surface area contributed by atoms with Crippen LogP contribution in [0, 0.1) is 17.8 Å². The molecular formula is C17H33N. The Labute approximate surface area is 114 Å². The van der Waals surface area contributed by atoms with Gasteiger partial charge in [-0.05, 0) is 43.6 Å². The normalized spacial score (nSPS) is 31.3. The second-order valence-electron chi connectivity index (χ2n) is 6.56. The highest BCUT2D eigenvalue weighted by molar-refractivity contribution is 5.06. The van der Waals surface area contributed by atoms with Gasteiger partial charge in [0, 0.05) is 6.04 Å². The van der Waals surface area contributed by atoms with E-state index >= 15 is 0 Å². The Morgan fingerprint density at radius 1 is 0.944 bits per heavy atom. The van der Waals surface area contributed by atoms with E-state index in [-0.39, 0.29) is 0 Å². The first-order valence-corrected chi connectivity index (χ1v) is 8.61. The van der Waals surface area contributed by atoms with Crippen LogP contribution < -0.4 is 5.32 Å². The number of nitrogens with one attached hydrogen (secondary N) is 1. The minimum atomic E-state index is 0.858. The van der Waals surface area contributed by atoms with E-state index in [0.717, 1.165) is 30.3 Å². The van der Waals surface area contributed by atoms with Crippen LogP contribution in [0.3, 0.4) is 0 Å². The molecule has 0 spiro atoms. The summed E-state index contributed by atoms with van der Waals surface area (Å²) in [6, 6.07) is 0.858. The van der Waals surface area contributed by atoms with Gasteiger partial charge in [0.2, 0.25) is 0 Å². The number of fused-ring (bicyclic) bond motifs is 1. The van der Waals surface area contributed by atoms with Crippen molar-refractivity contribution in [2.75, 3.05) is 6.54 Å². The van der Waals surface area contributed by atoms with Gasteiger partial charge in [-0.25, -0.2) is 0 Å². The van der Waals surface area contributed by atoms with Crippen LogP contribution in [0.25, 0.3) is 0 Å². The third kappa shape index (κ3) is 3.73. The molecule has 0 aromatic carbocycles. The van der Waals surface area contributed by atoms with Crippen LogP contribution in [0.2, 0.25) is 0 Å².